The van der Waals surface area contributed by atoms with Crippen molar-refractivity contribution in [3.8, 4) is 5.75 Å². The zero-order chi connectivity index (χ0) is 18.0. The van der Waals surface area contributed by atoms with E-state index in [2.05, 4.69) is 17.3 Å². The summed E-state index contributed by atoms with van der Waals surface area (Å²) < 4.78 is 5.28. The van der Waals surface area contributed by atoms with Crippen LogP contribution in [0.2, 0.25) is 0 Å². The molecule has 2 amide bonds. The Morgan fingerprint density at radius 2 is 2.08 bits per heavy atom. The molecule has 136 valence electrons. The molecule has 3 rings (SSSR count). The first kappa shape index (κ1) is 17.7. The summed E-state index contributed by atoms with van der Waals surface area (Å²) in [5.41, 5.74) is 1.54. The lowest BCUT2D eigenvalue weighted by atomic mass is 9.86. The number of hydrogen-bond acceptors (Lipinski definition) is 4. The number of methoxy groups -OCH3 is 1. The fraction of sp³-hybridized carbons (Fsp3) is 0.579. The molecule has 0 saturated carbocycles. The lowest BCUT2D eigenvalue weighted by Gasteiger charge is -2.49. The molecule has 6 heteroatoms. The van der Waals surface area contributed by atoms with Crippen molar-refractivity contribution >= 4 is 11.8 Å². The Kier molecular flexibility index (Phi) is 4.99. The number of rotatable bonds is 2. The largest absolute Gasteiger partial charge is 0.496 e. The number of hydrogen-bond donors (Lipinski definition) is 1. The number of carbonyl (C=O) groups is 2. The predicted octanol–water partition coefficient (Wildman–Crippen LogP) is 1.43. The van der Waals surface area contributed by atoms with Gasteiger partial charge in [0.1, 0.15) is 5.75 Å². The molecule has 1 aromatic carbocycles. The standard InChI is InChI=1S/C19H27N3O3/c1-14-12-15(4-5-16(14)25-3)18(24)22-11-10-21(2)19(13-22)7-6-17(23)20-9-8-19/h4-5,12H,6-11,13H2,1-3H3,(H,20,23)/t19-/m1/s1. The van der Waals surface area contributed by atoms with Crippen LogP contribution >= 0.6 is 0 Å². The van der Waals surface area contributed by atoms with Crippen LogP contribution in [-0.2, 0) is 4.79 Å². The highest BCUT2D eigenvalue weighted by Crippen LogP contribution is 2.31. The van der Waals surface area contributed by atoms with Crippen molar-refractivity contribution < 1.29 is 14.3 Å². The first-order chi connectivity index (χ1) is 11.9. The molecule has 2 heterocycles. The van der Waals surface area contributed by atoms with Crippen LogP contribution in [0.25, 0.3) is 0 Å². The summed E-state index contributed by atoms with van der Waals surface area (Å²) in [6.07, 6.45) is 2.19. The third kappa shape index (κ3) is 3.49. The Morgan fingerprint density at radius 3 is 2.80 bits per heavy atom. The van der Waals surface area contributed by atoms with E-state index in [0.29, 0.717) is 31.6 Å². The smallest absolute Gasteiger partial charge is 0.253 e. The van der Waals surface area contributed by atoms with Gasteiger partial charge in [-0.3, -0.25) is 14.5 Å². The molecule has 2 fully saturated rings. The summed E-state index contributed by atoms with van der Waals surface area (Å²) in [7, 11) is 3.74. The van der Waals surface area contributed by atoms with Crippen LogP contribution in [0.15, 0.2) is 18.2 Å². The monoisotopic (exact) mass is 345 g/mol. The topological polar surface area (TPSA) is 61.9 Å². The van der Waals surface area contributed by atoms with Gasteiger partial charge in [0.25, 0.3) is 5.91 Å². The minimum atomic E-state index is -0.116. The zero-order valence-corrected chi connectivity index (χ0v) is 15.3. The van der Waals surface area contributed by atoms with Crippen molar-refractivity contribution in [2.75, 3.05) is 40.3 Å². The van der Waals surface area contributed by atoms with Crippen LogP contribution in [-0.4, -0.2) is 67.5 Å². The summed E-state index contributed by atoms with van der Waals surface area (Å²) in [5, 5.41) is 2.95. The maximum atomic E-state index is 13.0. The molecule has 0 unspecified atom stereocenters. The Bertz CT molecular complexity index is 676. The van der Waals surface area contributed by atoms with Crippen LogP contribution in [0.3, 0.4) is 0 Å². The third-order valence-electron chi connectivity index (χ3n) is 5.66. The second-order valence-electron chi connectivity index (χ2n) is 7.16. The van der Waals surface area contributed by atoms with E-state index in [9.17, 15) is 9.59 Å². The summed E-state index contributed by atoms with van der Waals surface area (Å²) >= 11 is 0. The predicted molar refractivity (Wildman–Crippen MR) is 95.9 cm³/mol. The molecule has 2 aliphatic rings. The molecule has 0 aromatic heterocycles. The molecule has 2 aliphatic heterocycles. The average molecular weight is 345 g/mol. The van der Waals surface area contributed by atoms with Crippen molar-refractivity contribution in [3.63, 3.8) is 0 Å². The number of nitrogens with zero attached hydrogens (tertiary/aromatic N) is 2. The van der Waals surface area contributed by atoms with Crippen LogP contribution in [0, 0.1) is 6.92 Å². The van der Waals surface area contributed by atoms with E-state index < -0.39 is 0 Å². The normalized spacial score (nSPS) is 24.8. The Hall–Kier alpha value is -2.08. The second kappa shape index (κ2) is 7.04. The quantitative estimate of drug-likeness (QED) is 0.881. The molecular weight excluding hydrogens is 318 g/mol. The van der Waals surface area contributed by atoms with Gasteiger partial charge >= 0.3 is 0 Å². The van der Waals surface area contributed by atoms with Gasteiger partial charge in [0, 0.05) is 43.7 Å². The number of benzene rings is 1. The highest BCUT2D eigenvalue weighted by molar-refractivity contribution is 5.94. The molecule has 2 saturated heterocycles. The van der Waals surface area contributed by atoms with Gasteiger partial charge in [-0.15, -0.1) is 0 Å². The molecule has 25 heavy (non-hydrogen) atoms. The Labute approximate surface area is 149 Å². The van der Waals surface area contributed by atoms with Crippen molar-refractivity contribution in [3.05, 3.63) is 29.3 Å². The Morgan fingerprint density at radius 1 is 1.28 bits per heavy atom. The molecule has 0 aliphatic carbocycles. The number of carbonyl (C=O) groups excluding carboxylic acids is 2. The van der Waals surface area contributed by atoms with E-state index in [1.54, 1.807) is 7.11 Å². The fourth-order valence-corrected chi connectivity index (χ4v) is 3.96. The molecule has 6 nitrogen and oxygen atoms in total. The van der Waals surface area contributed by atoms with Gasteiger partial charge in [-0.1, -0.05) is 0 Å². The summed E-state index contributed by atoms with van der Waals surface area (Å²) in [4.78, 5) is 29.0. The van der Waals surface area contributed by atoms with Crippen molar-refractivity contribution in [1.29, 1.82) is 0 Å². The van der Waals surface area contributed by atoms with E-state index in [0.717, 1.165) is 30.7 Å². The number of amides is 2. The summed E-state index contributed by atoms with van der Waals surface area (Å²) in [5.74, 6) is 0.959. The molecular formula is C19H27N3O3. The lowest BCUT2D eigenvalue weighted by Crippen LogP contribution is -2.62. The van der Waals surface area contributed by atoms with Crippen molar-refractivity contribution in [1.82, 2.24) is 15.1 Å². The van der Waals surface area contributed by atoms with Crippen LogP contribution in [0.5, 0.6) is 5.75 Å². The van der Waals surface area contributed by atoms with Crippen LogP contribution in [0.4, 0.5) is 0 Å². The van der Waals surface area contributed by atoms with Gasteiger partial charge < -0.3 is 15.0 Å². The van der Waals surface area contributed by atoms with Gasteiger partial charge in [0.2, 0.25) is 5.91 Å². The van der Waals surface area contributed by atoms with Crippen molar-refractivity contribution in [2.24, 2.45) is 0 Å². The number of piperazine rings is 1. The second-order valence-corrected chi connectivity index (χ2v) is 7.16. The van der Waals surface area contributed by atoms with Crippen LogP contribution in [0.1, 0.15) is 35.2 Å². The molecule has 1 N–H and O–H groups in total. The number of likely N-dealkylation sites (N-methyl/N-ethyl adjacent to an activating group) is 1. The minimum Gasteiger partial charge on any atom is -0.496 e. The SMILES string of the molecule is COc1ccc(C(=O)N2CCN(C)[C@]3(CCNC(=O)CC3)C2)cc1C. The zero-order valence-electron chi connectivity index (χ0n) is 15.3. The van der Waals surface area contributed by atoms with E-state index in [1.165, 1.54) is 0 Å². The van der Waals surface area contributed by atoms with E-state index in [4.69, 9.17) is 4.74 Å². The van der Waals surface area contributed by atoms with Gasteiger partial charge in [0.05, 0.1) is 7.11 Å². The molecule has 1 atom stereocenters. The molecule has 0 radical (unpaired) electrons. The maximum Gasteiger partial charge on any atom is 0.253 e. The van der Waals surface area contributed by atoms with Gasteiger partial charge in [0.15, 0.2) is 0 Å². The van der Waals surface area contributed by atoms with E-state index >= 15 is 0 Å². The van der Waals surface area contributed by atoms with Crippen molar-refractivity contribution in [2.45, 2.75) is 31.7 Å². The van der Waals surface area contributed by atoms with Gasteiger partial charge in [-0.25, -0.2) is 0 Å². The third-order valence-corrected chi connectivity index (χ3v) is 5.66. The van der Waals surface area contributed by atoms with E-state index in [-0.39, 0.29) is 17.4 Å². The van der Waals surface area contributed by atoms with Crippen LogP contribution < -0.4 is 10.1 Å². The highest BCUT2D eigenvalue weighted by Gasteiger charge is 2.42. The molecule has 0 bridgehead atoms. The number of nitrogens with one attached hydrogen (secondary N) is 1. The molecule has 1 aromatic rings. The number of aryl methyl sites for hydroxylation is 1. The Balaban J connectivity index is 1.79. The minimum absolute atomic E-state index is 0.0572. The first-order valence-electron chi connectivity index (χ1n) is 8.87. The first-order valence-corrected chi connectivity index (χ1v) is 8.87. The van der Waals surface area contributed by atoms with Gasteiger partial charge in [-0.05, 0) is 50.6 Å². The number of ether oxygens (including phenoxy) is 1. The summed E-state index contributed by atoms with van der Waals surface area (Å²) in [6.45, 7) is 4.83. The highest BCUT2D eigenvalue weighted by atomic mass is 16.5. The fourth-order valence-electron chi connectivity index (χ4n) is 3.96. The average Bonchev–Trinajstić information content (AvgIpc) is 2.79. The molecule has 1 spiro atoms. The lowest BCUT2D eigenvalue weighted by molar-refractivity contribution is -0.121. The maximum absolute atomic E-state index is 13.0. The summed E-state index contributed by atoms with van der Waals surface area (Å²) in [6, 6.07) is 5.57. The van der Waals surface area contributed by atoms with Gasteiger partial charge in [-0.2, -0.15) is 0 Å². The van der Waals surface area contributed by atoms with E-state index in [1.807, 2.05) is 30.0 Å².